The van der Waals surface area contributed by atoms with E-state index in [9.17, 15) is 19.5 Å². The van der Waals surface area contributed by atoms with Crippen molar-refractivity contribution in [3.05, 3.63) is 86.7 Å². The van der Waals surface area contributed by atoms with Crippen molar-refractivity contribution in [3.63, 3.8) is 0 Å². The van der Waals surface area contributed by atoms with E-state index in [2.05, 4.69) is 11.8 Å². The first-order chi connectivity index (χ1) is 23.7. The molecule has 258 valence electrons. The maximum absolute atomic E-state index is 13.7. The van der Waals surface area contributed by atoms with E-state index in [1.165, 1.54) is 24.9 Å². The molecule has 0 spiro atoms. The van der Waals surface area contributed by atoms with Crippen LogP contribution in [-0.2, 0) is 34.7 Å². The van der Waals surface area contributed by atoms with Gasteiger partial charge in [-0.05, 0) is 118 Å². The number of hydrogen-bond donors (Lipinski definition) is 1. The van der Waals surface area contributed by atoms with E-state index in [1.54, 1.807) is 35.8 Å². The number of fused-ring (bicyclic) bond motifs is 4. The monoisotopic (exact) mass is 667 g/mol. The minimum absolute atomic E-state index is 0.236. The molecule has 1 saturated heterocycles. The molecule has 10 heteroatoms. The van der Waals surface area contributed by atoms with Gasteiger partial charge in [-0.15, -0.1) is 0 Å². The Balaban J connectivity index is 1.20. The summed E-state index contributed by atoms with van der Waals surface area (Å²) in [5.41, 5.74) is 4.08. The summed E-state index contributed by atoms with van der Waals surface area (Å²) in [5.74, 6) is 1.26. The summed E-state index contributed by atoms with van der Waals surface area (Å²) < 4.78 is 17.7. The second-order valence-electron chi connectivity index (χ2n) is 13.3. The van der Waals surface area contributed by atoms with E-state index in [4.69, 9.17) is 19.2 Å². The molecule has 4 heterocycles. The average Bonchev–Trinajstić information content (AvgIpc) is 3.48. The summed E-state index contributed by atoms with van der Waals surface area (Å²) in [5, 5.41) is 12.0. The van der Waals surface area contributed by atoms with Gasteiger partial charge in [0, 0.05) is 10.9 Å². The van der Waals surface area contributed by atoms with Crippen molar-refractivity contribution in [2.45, 2.75) is 90.9 Å². The number of aliphatic hydroxyl groups is 1. The van der Waals surface area contributed by atoms with Gasteiger partial charge in [-0.1, -0.05) is 39.3 Å². The number of carbonyl (C=O) groups is 2. The van der Waals surface area contributed by atoms with Crippen LogP contribution in [0.2, 0.25) is 0 Å². The van der Waals surface area contributed by atoms with Gasteiger partial charge in [0.15, 0.2) is 0 Å². The highest BCUT2D eigenvalue weighted by atomic mass is 16.7. The molecule has 4 aromatic rings. The Morgan fingerprint density at radius 3 is 2.41 bits per heavy atom. The summed E-state index contributed by atoms with van der Waals surface area (Å²) in [6, 6.07) is 14.8. The van der Waals surface area contributed by atoms with Gasteiger partial charge in [-0.25, -0.2) is 9.78 Å². The van der Waals surface area contributed by atoms with Gasteiger partial charge in [0.2, 0.25) is 0 Å². The Bertz CT molecular complexity index is 1910. The third-order valence-corrected chi connectivity index (χ3v) is 10.2. The van der Waals surface area contributed by atoms with Crippen molar-refractivity contribution < 1.29 is 28.9 Å². The minimum Gasteiger partial charge on any atom is -0.463 e. The van der Waals surface area contributed by atoms with Crippen LogP contribution in [-0.4, -0.2) is 51.8 Å². The number of unbranched alkanes of at least 4 members (excludes halogenated alkanes) is 1. The number of likely N-dealkylation sites (tertiary alicyclic amines) is 1. The zero-order valence-electron chi connectivity index (χ0n) is 28.8. The Morgan fingerprint density at radius 1 is 1.02 bits per heavy atom. The topological polar surface area (TPSA) is 120 Å². The van der Waals surface area contributed by atoms with Crippen LogP contribution >= 0.6 is 0 Å². The molecule has 2 aliphatic heterocycles. The lowest BCUT2D eigenvalue weighted by Gasteiger charge is -2.32. The van der Waals surface area contributed by atoms with Crippen molar-refractivity contribution in [2.24, 2.45) is 0 Å². The number of nitrogens with zero attached hydrogens (tertiary/aromatic N) is 3. The zero-order chi connectivity index (χ0) is 34.7. The van der Waals surface area contributed by atoms with Crippen LogP contribution in [0.25, 0.3) is 22.3 Å². The summed E-state index contributed by atoms with van der Waals surface area (Å²) >= 11 is 0. The molecule has 10 nitrogen and oxygen atoms in total. The van der Waals surface area contributed by atoms with E-state index in [-0.39, 0.29) is 24.3 Å². The third-order valence-electron chi connectivity index (χ3n) is 10.2. The van der Waals surface area contributed by atoms with Gasteiger partial charge in [0.25, 0.3) is 12.0 Å². The molecule has 2 aliphatic rings. The lowest BCUT2D eigenvalue weighted by molar-refractivity contribution is -0.129. The highest BCUT2D eigenvalue weighted by molar-refractivity contribution is 5.89. The predicted octanol–water partition coefficient (Wildman–Crippen LogP) is 6.84. The van der Waals surface area contributed by atoms with Crippen LogP contribution in [0.1, 0.15) is 93.5 Å². The zero-order valence-corrected chi connectivity index (χ0v) is 28.8. The fraction of sp³-hybridized carbons (Fsp3) is 0.436. The van der Waals surface area contributed by atoms with Gasteiger partial charge in [-0.2, -0.15) is 0 Å². The number of rotatable bonds is 12. The number of hydrogen-bond acceptors (Lipinski definition) is 9. The highest BCUT2D eigenvalue weighted by Crippen LogP contribution is 2.39. The van der Waals surface area contributed by atoms with E-state index in [0.717, 1.165) is 42.4 Å². The largest absolute Gasteiger partial charge is 0.519 e. The van der Waals surface area contributed by atoms with Crippen molar-refractivity contribution in [1.29, 1.82) is 0 Å². The molecule has 6 rings (SSSR count). The standard InChI is InChI=1S/C39H45N3O7/c1-5-8-17-41-18-15-26(16-19-41)25-9-11-27(12-10-25)48-38(45)49-28-13-14-34-30(20-28)29(6-2)31-22-42-35(36(31)40-34)21-33(39(4,46)7-3)32(37(42)44)23-47-24-43/h9-14,20-21,24,26,46H,5-8,15-19,22-23H2,1-4H3/t39-/m0/s1. The second kappa shape index (κ2) is 14.5. The molecule has 2 aromatic heterocycles. The number of piperidine rings is 1. The first kappa shape index (κ1) is 34.3. The van der Waals surface area contributed by atoms with E-state index in [0.29, 0.717) is 59.2 Å². The lowest BCUT2D eigenvalue weighted by atomic mass is 9.89. The molecular formula is C39H45N3O7. The van der Waals surface area contributed by atoms with Gasteiger partial charge < -0.3 is 28.8 Å². The van der Waals surface area contributed by atoms with E-state index < -0.39 is 11.8 Å². The lowest BCUT2D eigenvalue weighted by Crippen LogP contribution is -2.33. The number of carbonyl (C=O) groups excluding carboxylic acids is 2. The van der Waals surface area contributed by atoms with Crippen LogP contribution in [0, 0.1) is 0 Å². The Labute approximate surface area is 286 Å². The number of aryl methyl sites for hydroxylation is 1. The fourth-order valence-electron chi connectivity index (χ4n) is 7.22. The predicted molar refractivity (Wildman–Crippen MR) is 187 cm³/mol. The van der Waals surface area contributed by atoms with Crippen molar-refractivity contribution >= 4 is 23.5 Å². The second-order valence-corrected chi connectivity index (χ2v) is 13.3. The maximum atomic E-state index is 13.7. The normalized spacial score (nSPS) is 15.8. The number of aromatic nitrogens is 2. The van der Waals surface area contributed by atoms with Crippen LogP contribution < -0.4 is 15.0 Å². The molecule has 1 N–H and O–H groups in total. The molecule has 0 radical (unpaired) electrons. The number of pyridine rings is 2. The first-order valence-electron chi connectivity index (χ1n) is 17.4. The Hall–Kier alpha value is -4.54. The number of ether oxygens (including phenoxy) is 3. The van der Waals surface area contributed by atoms with Crippen LogP contribution in [0.4, 0.5) is 4.79 Å². The molecule has 1 atom stereocenters. The Kier molecular flexibility index (Phi) is 10.2. The van der Waals surface area contributed by atoms with E-state index >= 15 is 0 Å². The summed E-state index contributed by atoms with van der Waals surface area (Å²) in [6.07, 6.45) is 4.90. The summed E-state index contributed by atoms with van der Waals surface area (Å²) in [4.78, 5) is 45.1. The van der Waals surface area contributed by atoms with Gasteiger partial charge in [0.1, 0.15) is 18.1 Å². The quantitative estimate of drug-likeness (QED) is 0.0867. The molecular weight excluding hydrogens is 622 g/mol. The first-order valence-corrected chi connectivity index (χ1v) is 17.4. The smallest absolute Gasteiger partial charge is 0.463 e. The average molecular weight is 668 g/mol. The van der Waals surface area contributed by atoms with E-state index in [1.807, 2.05) is 38.1 Å². The molecule has 0 saturated carbocycles. The van der Waals surface area contributed by atoms with Crippen molar-refractivity contribution in [1.82, 2.24) is 14.5 Å². The molecule has 49 heavy (non-hydrogen) atoms. The molecule has 1 fully saturated rings. The van der Waals surface area contributed by atoms with Gasteiger partial charge in [-0.3, -0.25) is 9.59 Å². The summed E-state index contributed by atoms with van der Waals surface area (Å²) in [6.45, 7) is 11.5. The molecule has 2 aromatic carbocycles. The Morgan fingerprint density at radius 2 is 1.73 bits per heavy atom. The van der Waals surface area contributed by atoms with Gasteiger partial charge >= 0.3 is 6.16 Å². The summed E-state index contributed by atoms with van der Waals surface area (Å²) in [7, 11) is 0. The van der Waals surface area contributed by atoms with Crippen LogP contribution in [0.3, 0.4) is 0 Å². The SMILES string of the molecule is CCCCN1CCC(c2ccc(OC(=O)Oc3ccc4nc5c(c(CC)c4c3)Cn3c-5cc([C@@](C)(O)CC)c(COC=O)c3=O)cc2)CC1. The van der Waals surface area contributed by atoms with Crippen LogP contribution in [0.15, 0.2) is 53.3 Å². The minimum atomic E-state index is -1.31. The molecule has 0 amide bonds. The van der Waals surface area contributed by atoms with Crippen molar-refractivity contribution in [3.8, 4) is 22.9 Å². The molecule has 0 aliphatic carbocycles. The van der Waals surface area contributed by atoms with Crippen molar-refractivity contribution in [2.75, 3.05) is 19.6 Å². The molecule has 0 unspecified atom stereocenters. The van der Waals surface area contributed by atoms with Crippen LogP contribution in [0.5, 0.6) is 11.5 Å². The van der Waals surface area contributed by atoms with Gasteiger partial charge in [0.05, 0.1) is 34.6 Å². The highest BCUT2D eigenvalue weighted by Gasteiger charge is 2.33. The maximum Gasteiger partial charge on any atom is 0.519 e. The fourth-order valence-corrected chi connectivity index (χ4v) is 7.22. The third kappa shape index (κ3) is 6.98. The number of benzene rings is 2. The molecule has 0 bridgehead atoms.